The first-order valence-corrected chi connectivity index (χ1v) is 4.97. The fourth-order valence-electron chi connectivity index (χ4n) is 1.38. The summed E-state index contributed by atoms with van der Waals surface area (Å²) in [5, 5.41) is 2.72. The molecule has 0 spiro atoms. The van der Waals surface area contributed by atoms with Gasteiger partial charge in [0, 0.05) is 19.5 Å². The predicted molar refractivity (Wildman–Crippen MR) is 61.5 cm³/mol. The molecule has 86 valence electrons. The summed E-state index contributed by atoms with van der Waals surface area (Å²) >= 11 is 0. The first-order valence-electron chi connectivity index (χ1n) is 4.97. The van der Waals surface area contributed by atoms with Crippen LogP contribution in [0.4, 0.5) is 5.69 Å². The Balaban J connectivity index is 3.06. The van der Waals surface area contributed by atoms with E-state index in [1.807, 2.05) is 13.8 Å². The van der Waals surface area contributed by atoms with Crippen LogP contribution in [0.3, 0.4) is 0 Å². The number of carbonyl (C=O) groups is 2. The maximum absolute atomic E-state index is 10.9. The van der Waals surface area contributed by atoms with E-state index < -0.39 is 0 Å². The number of amides is 1. The van der Waals surface area contributed by atoms with Gasteiger partial charge in [0.15, 0.2) is 0 Å². The van der Waals surface area contributed by atoms with E-state index in [-0.39, 0.29) is 11.9 Å². The lowest BCUT2D eigenvalue weighted by atomic mass is 10.1. The number of rotatable bonds is 2. The Morgan fingerprint density at radius 3 is 2.25 bits per heavy atom. The summed E-state index contributed by atoms with van der Waals surface area (Å²) in [4.78, 5) is 21.8. The average Bonchev–Trinajstić information content (AvgIpc) is 2.11. The summed E-state index contributed by atoms with van der Waals surface area (Å²) in [6, 6.07) is 3.52. The Kier molecular flexibility index (Phi) is 3.66. The molecule has 0 radical (unpaired) electrons. The zero-order valence-corrected chi connectivity index (χ0v) is 9.88. The summed E-state index contributed by atoms with van der Waals surface area (Å²) < 4.78 is 5.03. The first-order chi connectivity index (χ1) is 7.40. The topological polar surface area (TPSA) is 55.4 Å². The van der Waals surface area contributed by atoms with Gasteiger partial charge in [-0.05, 0) is 37.1 Å². The van der Waals surface area contributed by atoms with Crippen molar-refractivity contribution in [1.29, 1.82) is 0 Å². The summed E-state index contributed by atoms with van der Waals surface area (Å²) in [5.74, 6) is 0.0524. The van der Waals surface area contributed by atoms with E-state index in [2.05, 4.69) is 5.32 Å². The molecule has 1 amide bonds. The molecule has 0 fully saturated rings. The normalized spacial score (nSPS) is 9.75. The van der Waals surface area contributed by atoms with Crippen LogP contribution in [-0.2, 0) is 9.59 Å². The number of carbonyl (C=O) groups excluding carboxylic acids is 2. The molecule has 4 heteroatoms. The van der Waals surface area contributed by atoms with E-state index >= 15 is 0 Å². The van der Waals surface area contributed by atoms with E-state index in [9.17, 15) is 9.59 Å². The summed E-state index contributed by atoms with van der Waals surface area (Å²) in [5.41, 5.74) is 2.41. The molecule has 0 aliphatic rings. The highest BCUT2D eigenvalue weighted by Gasteiger charge is 2.08. The Hall–Kier alpha value is -1.84. The average molecular weight is 221 g/mol. The molecule has 0 heterocycles. The molecule has 1 rings (SSSR count). The molecular formula is C12H15NO3. The van der Waals surface area contributed by atoms with E-state index in [1.54, 1.807) is 12.1 Å². The third-order valence-electron chi connectivity index (χ3n) is 2.09. The van der Waals surface area contributed by atoms with E-state index in [1.165, 1.54) is 13.8 Å². The molecule has 0 atom stereocenters. The predicted octanol–water partition coefficient (Wildman–Crippen LogP) is 2.19. The van der Waals surface area contributed by atoms with Crippen molar-refractivity contribution >= 4 is 17.6 Å². The largest absolute Gasteiger partial charge is 0.426 e. The standard InChI is InChI=1S/C12H15NO3/c1-7-6-12(16-10(4)15)8(2)5-11(7)13-9(3)14/h5-6H,1-4H3,(H,13,14). The highest BCUT2D eigenvalue weighted by molar-refractivity contribution is 5.89. The third kappa shape index (κ3) is 3.08. The molecule has 0 bridgehead atoms. The van der Waals surface area contributed by atoms with Crippen LogP contribution in [0.5, 0.6) is 5.75 Å². The van der Waals surface area contributed by atoms with Crippen molar-refractivity contribution in [3.8, 4) is 5.75 Å². The number of nitrogens with one attached hydrogen (secondary N) is 1. The van der Waals surface area contributed by atoms with Crippen LogP contribution in [0.2, 0.25) is 0 Å². The minimum Gasteiger partial charge on any atom is -0.426 e. The summed E-state index contributed by atoms with van der Waals surface area (Å²) in [6.45, 7) is 6.48. The van der Waals surface area contributed by atoms with Crippen molar-refractivity contribution < 1.29 is 14.3 Å². The van der Waals surface area contributed by atoms with Crippen LogP contribution < -0.4 is 10.1 Å². The molecule has 4 nitrogen and oxygen atoms in total. The zero-order chi connectivity index (χ0) is 12.3. The SMILES string of the molecule is CC(=O)Nc1cc(C)c(OC(C)=O)cc1C. The highest BCUT2D eigenvalue weighted by Crippen LogP contribution is 2.26. The van der Waals surface area contributed by atoms with Gasteiger partial charge in [0.25, 0.3) is 0 Å². The van der Waals surface area contributed by atoms with Crippen molar-refractivity contribution in [1.82, 2.24) is 0 Å². The number of ether oxygens (including phenoxy) is 1. The van der Waals surface area contributed by atoms with Crippen molar-refractivity contribution in [2.75, 3.05) is 5.32 Å². The lowest BCUT2D eigenvalue weighted by Crippen LogP contribution is -2.09. The Morgan fingerprint density at radius 2 is 1.75 bits per heavy atom. The van der Waals surface area contributed by atoms with Gasteiger partial charge in [-0.3, -0.25) is 9.59 Å². The summed E-state index contributed by atoms with van der Waals surface area (Å²) in [6.07, 6.45) is 0. The molecule has 0 unspecified atom stereocenters. The lowest BCUT2D eigenvalue weighted by Gasteiger charge is -2.11. The molecule has 0 aliphatic heterocycles. The van der Waals surface area contributed by atoms with Gasteiger partial charge in [0.1, 0.15) is 5.75 Å². The molecule has 0 saturated heterocycles. The number of hydrogen-bond donors (Lipinski definition) is 1. The number of anilines is 1. The van der Waals surface area contributed by atoms with Gasteiger partial charge < -0.3 is 10.1 Å². The third-order valence-corrected chi connectivity index (χ3v) is 2.09. The van der Waals surface area contributed by atoms with Crippen LogP contribution >= 0.6 is 0 Å². The van der Waals surface area contributed by atoms with E-state index in [0.29, 0.717) is 5.75 Å². The van der Waals surface area contributed by atoms with Gasteiger partial charge in [-0.15, -0.1) is 0 Å². The Bertz CT molecular complexity index is 396. The molecule has 16 heavy (non-hydrogen) atoms. The van der Waals surface area contributed by atoms with Gasteiger partial charge in [-0.25, -0.2) is 0 Å². The lowest BCUT2D eigenvalue weighted by molar-refractivity contribution is -0.131. The summed E-state index contributed by atoms with van der Waals surface area (Å²) in [7, 11) is 0. The van der Waals surface area contributed by atoms with E-state index in [4.69, 9.17) is 4.74 Å². The fraction of sp³-hybridized carbons (Fsp3) is 0.333. The van der Waals surface area contributed by atoms with Crippen LogP contribution in [0.15, 0.2) is 12.1 Å². The zero-order valence-electron chi connectivity index (χ0n) is 9.88. The Labute approximate surface area is 94.6 Å². The van der Waals surface area contributed by atoms with Crippen LogP contribution in [-0.4, -0.2) is 11.9 Å². The minimum absolute atomic E-state index is 0.122. The van der Waals surface area contributed by atoms with Gasteiger partial charge in [0.2, 0.25) is 5.91 Å². The van der Waals surface area contributed by atoms with Crippen LogP contribution in [0.25, 0.3) is 0 Å². The maximum atomic E-state index is 10.9. The quantitative estimate of drug-likeness (QED) is 0.615. The smallest absolute Gasteiger partial charge is 0.308 e. The van der Waals surface area contributed by atoms with Crippen molar-refractivity contribution in [3.05, 3.63) is 23.3 Å². The number of esters is 1. The number of aryl methyl sites for hydroxylation is 2. The van der Waals surface area contributed by atoms with Gasteiger partial charge in [-0.1, -0.05) is 0 Å². The molecule has 0 aromatic heterocycles. The van der Waals surface area contributed by atoms with E-state index in [0.717, 1.165) is 16.8 Å². The van der Waals surface area contributed by atoms with Crippen LogP contribution in [0, 0.1) is 13.8 Å². The van der Waals surface area contributed by atoms with Crippen LogP contribution in [0.1, 0.15) is 25.0 Å². The van der Waals surface area contributed by atoms with Crippen molar-refractivity contribution in [3.63, 3.8) is 0 Å². The molecular weight excluding hydrogens is 206 g/mol. The highest BCUT2D eigenvalue weighted by atomic mass is 16.5. The first kappa shape index (κ1) is 12.2. The van der Waals surface area contributed by atoms with Gasteiger partial charge in [-0.2, -0.15) is 0 Å². The minimum atomic E-state index is -0.352. The molecule has 0 aliphatic carbocycles. The maximum Gasteiger partial charge on any atom is 0.308 e. The number of benzene rings is 1. The number of hydrogen-bond acceptors (Lipinski definition) is 3. The monoisotopic (exact) mass is 221 g/mol. The van der Waals surface area contributed by atoms with Gasteiger partial charge >= 0.3 is 5.97 Å². The molecule has 1 aromatic carbocycles. The Morgan fingerprint density at radius 1 is 1.12 bits per heavy atom. The fourth-order valence-corrected chi connectivity index (χ4v) is 1.38. The van der Waals surface area contributed by atoms with Crippen molar-refractivity contribution in [2.24, 2.45) is 0 Å². The second-order valence-electron chi connectivity index (χ2n) is 3.71. The second kappa shape index (κ2) is 4.79. The molecule has 1 N–H and O–H groups in total. The second-order valence-corrected chi connectivity index (χ2v) is 3.71. The van der Waals surface area contributed by atoms with Crippen molar-refractivity contribution in [2.45, 2.75) is 27.7 Å². The molecule has 0 saturated carbocycles. The van der Waals surface area contributed by atoms with Gasteiger partial charge in [0.05, 0.1) is 0 Å². The molecule has 1 aromatic rings.